The first-order chi connectivity index (χ1) is 8.65. The Morgan fingerprint density at radius 1 is 1.11 bits per heavy atom. The molecule has 0 saturated heterocycles. The van der Waals surface area contributed by atoms with Gasteiger partial charge in [0.2, 0.25) is 5.91 Å². The summed E-state index contributed by atoms with van der Waals surface area (Å²) in [5, 5.41) is 10.8. The normalized spacial score (nSPS) is 9.16. The zero-order valence-electron chi connectivity index (χ0n) is 10.9. The van der Waals surface area contributed by atoms with E-state index in [0.29, 0.717) is 24.3 Å². The number of carbonyl (C=O) groups is 2. The zero-order valence-corrected chi connectivity index (χ0v) is 11.8. The van der Waals surface area contributed by atoms with Gasteiger partial charge in [-0.05, 0) is 25.2 Å². The number of hydrogen-bond acceptors (Lipinski definition) is 3. The number of hydrogen-bond donors (Lipinski definition) is 4. The highest BCUT2D eigenvalue weighted by molar-refractivity contribution is 5.93. The molecule has 0 radical (unpaired) electrons. The maximum absolute atomic E-state index is 11.5. The minimum atomic E-state index is -0.298. The molecule has 0 atom stereocenters. The van der Waals surface area contributed by atoms with Crippen molar-refractivity contribution in [3.05, 3.63) is 24.3 Å². The van der Waals surface area contributed by atoms with Gasteiger partial charge in [-0.25, -0.2) is 4.79 Å². The first-order valence-corrected chi connectivity index (χ1v) is 5.69. The van der Waals surface area contributed by atoms with E-state index in [1.54, 1.807) is 38.4 Å². The molecule has 4 N–H and O–H groups in total. The maximum atomic E-state index is 11.5. The highest BCUT2D eigenvalue weighted by atomic mass is 35.5. The van der Waals surface area contributed by atoms with Gasteiger partial charge in [-0.1, -0.05) is 6.07 Å². The molecule has 0 fully saturated rings. The zero-order chi connectivity index (χ0) is 13.4. The molecule has 0 aliphatic carbocycles. The maximum Gasteiger partial charge on any atom is 0.318 e. The van der Waals surface area contributed by atoms with Gasteiger partial charge in [0, 0.05) is 31.4 Å². The minimum Gasteiger partial charge on any atom is -0.341 e. The van der Waals surface area contributed by atoms with Gasteiger partial charge < -0.3 is 21.3 Å². The van der Waals surface area contributed by atoms with Crippen molar-refractivity contribution in [3.63, 3.8) is 0 Å². The van der Waals surface area contributed by atoms with Crippen LogP contribution in [0.4, 0.5) is 16.2 Å². The molecule has 1 aromatic carbocycles. The summed E-state index contributed by atoms with van der Waals surface area (Å²) in [4.78, 5) is 22.6. The van der Waals surface area contributed by atoms with E-state index >= 15 is 0 Å². The Morgan fingerprint density at radius 3 is 2.32 bits per heavy atom. The van der Waals surface area contributed by atoms with Gasteiger partial charge in [-0.2, -0.15) is 0 Å². The van der Waals surface area contributed by atoms with Crippen molar-refractivity contribution in [1.29, 1.82) is 0 Å². The highest BCUT2D eigenvalue weighted by Crippen LogP contribution is 2.15. The number of amides is 3. The first-order valence-electron chi connectivity index (χ1n) is 5.69. The van der Waals surface area contributed by atoms with Crippen LogP contribution < -0.4 is 21.3 Å². The van der Waals surface area contributed by atoms with E-state index in [1.807, 2.05) is 0 Å². The van der Waals surface area contributed by atoms with Crippen LogP contribution in [0.3, 0.4) is 0 Å². The van der Waals surface area contributed by atoms with Gasteiger partial charge in [0.1, 0.15) is 0 Å². The molecule has 1 rings (SSSR count). The van der Waals surface area contributed by atoms with Gasteiger partial charge in [0.05, 0.1) is 0 Å². The molecule has 7 heteroatoms. The van der Waals surface area contributed by atoms with Crippen LogP contribution in [0.2, 0.25) is 0 Å². The SMILES string of the molecule is CNCCC(=O)Nc1cccc(NC(=O)NC)c1.Cl. The van der Waals surface area contributed by atoms with Crippen molar-refractivity contribution in [1.82, 2.24) is 10.6 Å². The summed E-state index contributed by atoms with van der Waals surface area (Å²) in [7, 11) is 3.33. The number of carbonyl (C=O) groups excluding carboxylic acids is 2. The van der Waals surface area contributed by atoms with Crippen LogP contribution in [0.1, 0.15) is 6.42 Å². The third-order valence-corrected chi connectivity index (χ3v) is 2.23. The van der Waals surface area contributed by atoms with Crippen LogP contribution in [0, 0.1) is 0 Å². The summed E-state index contributed by atoms with van der Waals surface area (Å²) >= 11 is 0. The molecule has 0 unspecified atom stereocenters. The lowest BCUT2D eigenvalue weighted by molar-refractivity contribution is -0.116. The summed E-state index contributed by atoms with van der Waals surface area (Å²) < 4.78 is 0. The predicted molar refractivity (Wildman–Crippen MR) is 78.9 cm³/mol. The van der Waals surface area contributed by atoms with E-state index in [9.17, 15) is 9.59 Å². The van der Waals surface area contributed by atoms with Crippen molar-refractivity contribution < 1.29 is 9.59 Å². The van der Waals surface area contributed by atoms with Crippen molar-refractivity contribution >= 4 is 35.7 Å². The number of anilines is 2. The fraction of sp³-hybridized carbons (Fsp3) is 0.333. The lowest BCUT2D eigenvalue weighted by Crippen LogP contribution is -2.24. The van der Waals surface area contributed by atoms with Gasteiger partial charge in [0.15, 0.2) is 0 Å². The number of rotatable bonds is 5. The van der Waals surface area contributed by atoms with Crippen LogP contribution in [0.5, 0.6) is 0 Å². The van der Waals surface area contributed by atoms with Crippen LogP contribution in [0.15, 0.2) is 24.3 Å². The molecular formula is C12H19ClN4O2. The lowest BCUT2D eigenvalue weighted by atomic mass is 10.2. The molecule has 0 heterocycles. The predicted octanol–water partition coefficient (Wildman–Crippen LogP) is 1.41. The highest BCUT2D eigenvalue weighted by Gasteiger charge is 2.03. The summed E-state index contributed by atoms with van der Waals surface area (Å²) in [6.45, 7) is 0.627. The summed E-state index contributed by atoms with van der Waals surface area (Å²) in [5.41, 5.74) is 1.28. The summed E-state index contributed by atoms with van der Waals surface area (Å²) in [6, 6.07) is 6.68. The van der Waals surface area contributed by atoms with Gasteiger partial charge in [-0.3, -0.25) is 4.79 Å². The quantitative estimate of drug-likeness (QED) is 0.660. The standard InChI is InChI=1S/C12H18N4O2.ClH/c1-13-7-6-11(17)15-9-4-3-5-10(8-9)16-12(18)14-2;/h3-5,8,13H,6-7H2,1-2H3,(H,15,17)(H2,14,16,18);1H. The molecule has 1 aromatic rings. The van der Waals surface area contributed by atoms with Crippen LogP contribution in [-0.2, 0) is 4.79 Å². The smallest absolute Gasteiger partial charge is 0.318 e. The Kier molecular flexibility index (Phi) is 8.32. The van der Waals surface area contributed by atoms with Crippen LogP contribution >= 0.6 is 12.4 Å². The summed E-state index contributed by atoms with van der Waals surface area (Å²) in [5.74, 6) is -0.0681. The Labute approximate surface area is 118 Å². The van der Waals surface area contributed by atoms with E-state index in [0.717, 1.165) is 0 Å². The average molecular weight is 287 g/mol. The molecule has 19 heavy (non-hydrogen) atoms. The Balaban J connectivity index is 0.00000324. The third kappa shape index (κ3) is 6.64. The van der Waals surface area contributed by atoms with Crippen molar-refractivity contribution in [3.8, 4) is 0 Å². The molecule has 0 aliphatic heterocycles. The average Bonchev–Trinajstić information content (AvgIpc) is 2.36. The molecular weight excluding hydrogens is 268 g/mol. The fourth-order valence-corrected chi connectivity index (χ4v) is 1.33. The van der Waals surface area contributed by atoms with Crippen molar-refractivity contribution in [2.24, 2.45) is 0 Å². The number of urea groups is 1. The second-order valence-electron chi connectivity index (χ2n) is 3.69. The number of benzene rings is 1. The molecule has 3 amide bonds. The van der Waals surface area contributed by atoms with Crippen LogP contribution in [0.25, 0.3) is 0 Å². The Bertz CT molecular complexity index is 426. The van der Waals surface area contributed by atoms with Gasteiger partial charge >= 0.3 is 6.03 Å². The minimum absolute atomic E-state index is 0. The summed E-state index contributed by atoms with van der Waals surface area (Å²) in [6.07, 6.45) is 0.406. The molecule has 0 saturated carbocycles. The molecule has 6 nitrogen and oxygen atoms in total. The molecule has 0 bridgehead atoms. The van der Waals surface area contributed by atoms with E-state index in [2.05, 4.69) is 21.3 Å². The topological polar surface area (TPSA) is 82.3 Å². The van der Waals surface area contributed by atoms with E-state index in [-0.39, 0.29) is 24.3 Å². The Hall–Kier alpha value is -1.79. The van der Waals surface area contributed by atoms with Gasteiger partial charge in [0.25, 0.3) is 0 Å². The third-order valence-electron chi connectivity index (χ3n) is 2.23. The second-order valence-corrected chi connectivity index (χ2v) is 3.69. The fourth-order valence-electron chi connectivity index (χ4n) is 1.33. The largest absolute Gasteiger partial charge is 0.341 e. The van der Waals surface area contributed by atoms with Gasteiger partial charge in [-0.15, -0.1) is 12.4 Å². The number of nitrogens with one attached hydrogen (secondary N) is 4. The van der Waals surface area contributed by atoms with Crippen LogP contribution in [-0.4, -0.2) is 32.6 Å². The van der Waals surface area contributed by atoms with Crippen molar-refractivity contribution in [2.75, 3.05) is 31.3 Å². The van der Waals surface area contributed by atoms with Crippen molar-refractivity contribution in [2.45, 2.75) is 6.42 Å². The Morgan fingerprint density at radius 2 is 1.74 bits per heavy atom. The second kappa shape index (κ2) is 9.18. The number of halogens is 1. The molecule has 106 valence electrons. The molecule has 0 aliphatic rings. The monoisotopic (exact) mass is 286 g/mol. The molecule has 0 aromatic heterocycles. The lowest BCUT2D eigenvalue weighted by Gasteiger charge is -2.08. The van der Waals surface area contributed by atoms with E-state index in [1.165, 1.54) is 0 Å². The van der Waals surface area contributed by atoms with E-state index in [4.69, 9.17) is 0 Å². The van der Waals surface area contributed by atoms with E-state index < -0.39 is 0 Å². The molecule has 0 spiro atoms. The first kappa shape index (κ1) is 17.2.